The number of nitrogens with zero attached hydrogens (tertiary/aromatic N) is 2. The Bertz CT molecular complexity index is 631. The fourth-order valence-electron chi connectivity index (χ4n) is 3.15. The second-order valence-corrected chi connectivity index (χ2v) is 8.01. The molecule has 122 valence electrons. The number of thioether (sulfide) groups is 1. The van der Waals surface area contributed by atoms with Crippen molar-refractivity contribution in [3.8, 4) is 0 Å². The summed E-state index contributed by atoms with van der Waals surface area (Å²) in [5, 5.41) is 0. The van der Waals surface area contributed by atoms with Gasteiger partial charge in [-0.1, -0.05) is 55.4 Å². The molecule has 1 aliphatic carbocycles. The van der Waals surface area contributed by atoms with E-state index in [1.54, 1.807) is 0 Å². The number of rotatable bonds is 3. The minimum absolute atomic E-state index is 0.0867. The van der Waals surface area contributed by atoms with Crippen LogP contribution >= 0.6 is 24.0 Å². The summed E-state index contributed by atoms with van der Waals surface area (Å²) in [6.07, 6.45) is 7.80. The largest absolute Gasteiger partial charge is 0.378 e. The van der Waals surface area contributed by atoms with E-state index in [2.05, 4.69) is 17.0 Å². The molecule has 1 aromatic carbocycles. The van der Waals surface area contributed by atoms with Crippen LogP contribution in [0.25, 0.3) is 6.08 Å². The summed E-state index contributed by atoms with van der Waals surface area (Å²) in [6.45, 7) is 0. The van der Waals surface area contributed by atoms with E-state index in [1.807, 2.05) is 37.2 Å². The third-order valence-electron chi connectivity index (χ3n) is 4.47. The van der Waals surface area contributed by atoms with E-state index < -0.39 is 0 Å². The predicted octanol–water partition coefficient (Wildman–Crippen LogP) is 4.29. The normalized spacial score (nSPS) is 21.3. The molecular formula is C18H22N2OS2. The first-order chi connectivity index (χ1) is 11.1. The van der Waals surface area contributed by atoms with E-state index in [-0.39, 0.29) is 5.91 Å². The summed E-state index contributed by atoms with van der Waals surface area (Å²) >= 11 is 6.91. The molecule has 1 aromatic rings. The lowest BCUT2D eigenvalue weighted by atomic mass is 9.94. The Morgan fingerprint density at radius 1 is 1.17 bits per heavy atom. The van der Waals surface area contributed by atoms with Gasteiger partial charge in [0.25, 0.3) is 5.91 Å². The molecule has 1 aliphatic heterocycles. The first-order valence-corrected chi connectivity index (χ1v) is 9.33. The standard InChI is InChI=1S/C18H22N2OS2/c1-19(2)14-10-8-13(9-11-14)12-16-17(21)20(18(22)23-16)15-6-4-3-5-7-15/h8-12,15H,3-7H2,1-2H3. The van der Waals surface area contributed by atoms with Gasteiger partial charge < -0.3 is 4.90 Å². The lowest BCUT2D eigenvalue weighted by Gasteiger charge is -2.29. The summed E-state index contributed by atoms with van der Waals surface area (Å²) < 4.78 is 0.720. The number of carbonyl (C=O) groups excluding carboxylic acids is 1. The maximum Gasteiger partial charge on any atom is 0.266 e. The van der Waals surface area contributed by atoms with Crippen LogP contribution in [0.15, 0.2) is 29.2 Å². The predicted molar refractivity (Wildman–Crippen MR) is 103 cm³/mol. The van der Waals surface area contributed by atoms with Gasteiger partial charge in [0.2, 0.25) is 0 Å². The van der Waals surface area contributed by atoms with Crippen LogP contribution in [0.1, 0.15) is 37.7 Å². The maximum absolute atomic E-state index is 12.7. The molecule has 1 heterocycles. The number of anilines is 1. The maximum atomic E-state index is 12.7. The van der Waals surface area contributed by atoms with Gasteiger partial charge in [-0.15, -0.1) is 0 Å². The van der Waals surface area contributed by atoms with Crippen LogP contribution < -0.4 is 4.90 Å². The molecule has 0 aromatic heterocycles. The Labute approximate surface area is 147 Å². The van der Waals surface area contributed by atoms with Gasteiger partial charge >= 0.3 is 0 Å². The van der Waals surface area contributed by atoms with Crippen molar-refractivity contribution < 1.29 is 4.79 Å². The van der Waals surface area contributed by atoms with Crippen molar-refractivity contribution in [2.24, 2.45) is 0 Å². The fourth-order valence-corrected chi connectivity index (χ4v) is 4.55. The Morgan fingerprint density at radius 3 is 2.43 bits per heavy atom. The number of hydrogen-bond donors (Lipinski definition) is 0. The number of amides is 1. The quantitative estimate of drug-likeness (QED) is 0.602. The lowest BCUT2D eigenvalue weighted by Crippen LogP contribution is -2.39. The fraction of sp³-hybridized carbons (Fsp3) is 0.444. The van der Waals surface area contributed by atoms with Crippen LogP contribution in [0.2, 0.25) is 0 Å². The second kappa shape index (κ2) is 7.05. The van der Waals surface area contributed by atoms with E-state index in [9.17, 15) is 4.79 Å². The molecule has 1 saturated carbocycles. The molecule has 0 atom stereocenters. The molecule has 1 amide bonds. The minimum Gasteiger partial charge on any atom is -0.378 e. The highest BCUT2D eigenvalue weighted by atomic mass is 32.2. The molecule has 0 spiro atoms. The van der Waals surface area contributed by atoms with Crippen molar-refractivity contribution in [2.75, 3.05) is 19.0 Å². The number of thiocarbonyl (C=S) groups is 1. The van der Waals surface area contributed by atoms with Crippen LogP contribution in [0.4, 0.5) is 5.69 Å². The highest BCUT2D eigenvalue weighted by Gasteiger charge is 2.37. The van der Waals surface area contributed by atoms with Gasteiger partial charge in [0, 0.05) is 25.8 Å². The Morgan fingerprint density at radius 2 is 1.83 bits per heavy atom. The van der Waals surface area contributed by atoms with E-state index in [0.717, 1.165) is 33.3 Å². The van der Waals surface area contributed by atoms with Crippen LogP contribution in [0.5, 0.6) is 0 Å². The summed E-state index contributed by atoms with van der Waals surface area (Å²) in [4.78, 5) is 17.4. The molecule has 0 N–H and O–H groups in total. The molecule has 3 nitrogen and oxygen atoms in total. The summed E-state index contributed by atoms with van der Waals surface area (Å²) in [6, 6.07) is 8.52. The number of hydrogen-bond acceptors (Lipinski definition) is 4. The zero-order valence-corrected chi connectivity index (χ0v) is 15.3. The van der Waals surface area contributed by atoms with Crippen molar-refractivity contribution in [1.82, 2.24) is 4.90 Å². The van der Waals surface area contributed by atoms with Gasteiger partial charge in [-0.3, -0.25) is 9.69 Å². The number of benzene rings is 1. The second-order valence-electron chi connectivity index (χ2n) is 6.33. The SMILES string of the molecule is CN(C)c1ccc(C=C2SC(=S)N(C3CCCCC3)C2=O)cc1. The van der Waals surface area contributed by atoms with Gasteiger partial charge in [0.1, 0.15) is 4.32 Å². The highest BCUT2D eigenvalue weighted by Crippen LogP contribution is 2.37. The van der Waals surface area contributed by atoms with Gasteiger partial charge in [-0.05, 0) is 36.6 Å². The van der Waals surface area contributed by atoms with Gasteiger partial charge in [-0.25, -0.2) is 0 Å². The van der Waals surface area contributed by atoms with Crippen LogP contribution in [-0.2, 0) is 4.79 Å². The van der Waals surface area contributed by atoms with E-state index in [0.29, 0.717) is 6.04 Å². The summed E-state index contributed by atoms with van der Waals surface area (Å²) in [5.41, 5.74) is 2.19. The number of carbonyl (C=O) groups is 1. The molecule has 1 saturated heterocycles. The zero-order chi connectivity index (χ0) is 16.4. The first kappa shape index (κ1) is 16.5. The summed E-state index contributed by atoms with van der Waals surface area (Å²) in [5.74, 6) is 0.0867. The molecular weight excluding hydrogens is 324 g/mol. The van der Waals surface area contributed by atoms with Crippen molar-refractivity contribution in [3.63, 3.8) is 0 Å². The van der Waals surface area contributed by atoms with E-state index >= 15 is 0 Å². The third kappa shape index (κ3) is 3.61. The molecule has 0 unspecified atom stereocenters. The monoisotopic (exact) mass is 346 g/mol. The molecule has 0 radical (unpaired) electrons. The van der Waals surface area contributed by atoms with Crippen molar-refractivity contribution in [1.29, 1.82) is 0 Å². The molecule has 2 aliphatic rings. The summed E-state index contributed by atoms with van der Waals surface area (Å²) in [7, 11) is 4.04. The highest BCUT2D eigenvalue weighted by molar-refractivity contribution is 8.26. The average Bonchev–Trinajstić information content (AvgIpc) is 2.82. The van der Waals surface area contributed by atoms with Crippen molar-refractivity contribution in [2.45, 2.75) is 38.1 Å². The minimum atomic E-state index is 0.0867. The first-order valence-electron chi connectivity index (χ1n) is 8.11. The van der Waals surface area contributed by atoms with E-state index in [1.165, 1.54) is 31.0 Å². The molecule has 23 heavy (non-hydrogen) atoms. The van der Waals surface area contributed by atoms with Gasteiger partial charge in [0.15, 0.2) is 0 Å². The van der Waals surface area contributed by atoms with Gasteiger partial charge in [-0.2, -0.15) is 0 Å². The van der Waals surface area contributed by atoms with Crippen LogP contribution in [0.3, 0.4) is 0 Å². The third-order valence-corrected chi connectivity index (χ3v) is 5.80. The molecule has 0 bridgehead atoms. The van der Waals surface area contributed by atoms with E-state index in [4.69, 9.17) is 12.2 Å². The Balaban J connectivity index is 1.78. The van der Waals surface area contributed by atoms with Crippen LogP contribution in [0, 0.1) is 0 Å². The Kier molecular flexibility index (Phi) is 5.07. The van der Waals surface area contributed by atoms with Crippen LogP contribution in [-0.4, -0.2) is 35.3 Å². The molecule has 3 rings (SSSR count). The van der Waals surface area contributed by atoms with Crippen molar-refractivity contribution in [3.05, 3.63) is 34.7 Å². The molecule has 2 fully saturated rings. The average molecular weight is 347 g/mol. The smallest absolute Gasteiger partial charge is 0.266 e. The topological polar surface area (TPSA) is 23.6 Å². The zero-order valence-electron chi connectivity index (χ0n) is 13.6. The molecule has 5 heteroatoms. The van der Waals surface area contributed by atoms with Crippen molar-refractivity contribution >= 4 is 46.0 Å². The van der Waals surface area contributed by atoms with Gasteiger partial charge in [0.05, 0.1) is 4.91 Å². The Hall–Kier alpha value is -1.33. The lowest BCUT2D eigenvalue weighted by molar-refractivity contribution is -0.124.